The second-order valence-electron chi connectivity index (χ2n) is 6.97. The Morgan fingerprint density at radius 3 is 2.62 bits per heavy atom. The van der Waals surface area contributed by atoms with Crippen molar-refractivity contribution in [3.63, 3.8) is 0 Å². The van der Waals surface area contributed by atoms with Crippen molar-refractivity contribution in [2.75, 3.05) is 16.0 Å². The van der Waals surface area contributed by atoms with Crippen LogP contribution in [-0.4, -0.2) is 33.9 Å². The van der Waals surface area contributed by atoms with Crippen molar-refractivity contribution in [1.82, 2.24) is 10.2 Å². The van der Waals surface area contributed by atoms with E-state index in [-0.39, 0.29) is 5.91 Å². The molecule has 0 bridgehead atoms. The van der Waals surface area contributed by atoms with Crippen molar-refractivity contribution in [2.45, 2.75) is 61.4 Å². The van der Waals surface area contributed by atoms with Crippen LogP contribution >= 0.6 is 23.1 Å². The van der Waals surface area contributed by atoms with Gasteiger partial charge in [-0.15, -0.1) is 10.2 Å². The van der Waals surface area contributed by atoms with Crippen LogP contribution in [0.1, 0.15) is 44.9 Å². The molecule has 7 heteroatoms. The van der Waals surface area contributed by atoms with Crippen LogP contribution < -0.4 is 10.2 Å². The van der Waals surface area contributed by atoms with Gasteiger partial charge in [0.2, 0.25) is 11.0 Å². The number of benzene rings is 1. The summed E-state index contributed by atoms with van der Waals surface area (Å²) < 4.78 is 0.859. The van der Waals surface area contributed by atoms with Crippen molar-refractivity contribution in [1.29, 1.82) is 0 Å². The first-order valence-electron chi connectivity index (χ1n) is 9.39. The van der Waals surface area contributed by atoms with Gasteiger partial charge in [0.15, 0.2) is 4.34 Å². The summed E-state index contributed by atoms with van der Waals surface area (Å²) in [6.45, 7) is 0. The lowest BCUT2D eigenvalue weighted by Gasteiger charge is -2.34. The minimum absolute atomic E-state index is 0.167. The van der Waals surface area contributed by atoms with Crippen molar-refractivity contribution < 1.29 is 4.79 Å². The zero-order valence-corrected chi connectivity index (χ0v) is 16.4. The molecular weight excluding hydrogens is 364 g/mol. The molecule has 0 unspecified atom stereocenters. The Kier molecular flexibility index (Phi) is 5.75. The lowest BCUT2D eigenvalue weighted by Crippen LogP contribution is -2.42. The van der Waals surface area contributed by atoms with Gasteiger partial charge in [0.25, 0.3) is 0 Å². The number of hydrogen-bond acceptors (Lipinski definition) is 6. The quantitative estimate of drug-likeness (QED) is 0.704. The number of rotatable bonds is 7. The highest BCUT2D eigenvalue weighted by molar-refractivity contribution is 8.01. The number of carbonyl (C=O) groups excluding carboxylic acids is 1. The molecule has 1 N–H and O–H groups in total. The standard InChI is InChI=1S/C19H24N4OS2/c24-17(13-25-19-22-21-18(26-19)20-14-11-12-14)23(15-7-3-1-4-8-15)16-9-5-2-6-10-16/h1,3-4,7-8,14,16H,2,5-6,9-13H2,(H,20,21). The average Bonchev–Trinajstić information content (AvgIpc) is 3.38. The van der Waals surface area contributed by atoms with E-state index in [1.807, 2.05) is 35.2 Å². The number of aromatic nitrogens is 2. The third-order valence-corrected chi connectivity index (χ3v) is 6.85. The third kappa shape index (κ3) is 4.57. The number of amides is 1. The molecule has 0 radical (unpaired) electrons. The first kappa shape index (κ1) is 17.8. The average molecular weight is 389 g/mol. The highest BCUT2D eigenvalue weighted by atomic mass is 32.2. The molecular formula is C19H24N4OS2. The molecule has 1 amide bonds. The van der Waals surface area contributed by atoms with Crippen LogP contribution in [0.3, 0.4) is 0 Å². The number of nitrogens with zero attached hydrogens (tertiary/aromatic N) is 3. The Morgan fingerprint density at radius 2 is 1.88 bits per heavy atom. The number of thioether (sulfide) groups is 1. The number of para-hydroxylation sites is 1. The van der Waals surface area contributed by atoms with Crippen molar-refractivity contribution in [3.8, 4) is 0 Å². The largest absolute Gasteiger partial charge is 0.357 e. The van der Waals surface area contributed by atoms with Crippen LogP contribution in [0.5, 0.6) is 0 Å². The Morgan fingerprint density at radius 1 is 1.12 bits per heavy atom. The summed E-state index contributed by atoms with van der Waals surface area (Å²) in [5.41, 5.74) is 1.01. The first-order chi connectivity index (χ1) is 12.8. The summed E-state index contributed by atoms with van der Waals surface area (Å²) in [5, 5.41) is 12.6. The second-order valence-corrected chi connectivity index (χ2v) is 9.17. The molecule has 138 valence electrons. The molecule has 2 fully saturated rings. The zero-order valence-electron chi connectivity index (χ0n) is 14.8. The topological polar surface area (TPSA) is 58.1 Å². The SMILES string of the molecule is O=C(CSc1nnc(NC2CC2)s1)N(c1ccccc1)C1CCCCC1. The van der Waals surface area contributed by atoms with E-state index in [1.165, 1.54) is 43.9 Å². The highest BCUT2D eigenvalue weighted by Crippen LogP contribution is 2.32. The summed E-state index contributed by atoms with van der Waals surface area (Å²) in [4.78, 5) is 15.1. The van der Waals surface area contributed by atoms with Gasteiger partial charge in [-0.05, 0) is 37.8 Å². The fraction of sp³-hybridized carbons (Fsp3) is 0.526. The van der Waals surface area contributed by atoms with Gasteiger partial charge in [-0.3, -0.25) is 4.79 Å². The van der Waals surface area contributed by atoms with Crippen LogP contribution in [0, 0.1) is 0 Å². The van der Waals surface area contributed by atoms with Gasteiger partial charge < -0.3 is 10.2 Å². The van der Waals surface area contributed by atoms with E-state index in [4.69, 9.17) is 0 Å². The molecule has 0 spiro atoms. The number of hydrogen-bond donors (Lipinski definition) is 1. The predicted octanol–water partition coefficient (Wildman–Crippen LogP) is 4.57. The van der Waals surface area contributed by atoms with Gasteiger partial charge in [-0.1, -0.05) is 60.6 Å². The smallest absolute Gasteiger partial charge is 0.237 e. The minimum Gasteiger partial charge on any atom is -0.357 e. The van der Waals surface area contributed by atoms with Gasteiger partial charge in [0, 0.05) is 17.8 Å². The monoisotopic (exact) mass is 388 g/mol. The van der Waals surface area contributed by atoms with Crippen LogP contribution in [0.15, 0.2) is 34.7 Å². The maximum absolute atomic E-state index is 13.1. The Hall–Kier alpha value is -1.60. The van der Waals surface area contributed by atoms with Gasteiger partial charge in [-0.2, -0.15) is 0 Å². The fourth-order valence-corrected chi connectivity index (χ4v) is 5.10. The molecule has 1 aromatic heterocycles. The van der Waals surface area contributed by atoms with Crippen molar-refractivity contribution in [2.24, 2.45) is 0 Å². The predicted molar refractivity (Wildman–Crippen MR) is 108 cm³/mol. The van der Waals surface area contributed by atoms with Crippen LogP contribution in [0.2, 0.25) is 0 Å². The first-order valence-corrected chi connectivity index (χ1v) is 11.2. The molecule has 26 heavy (non-hydrogen) atoms. The van der Waals surface area contributed by atoms with E-state index in [0.717, 1.165) is 28.0 Å². The summed E-state index contributed by atoms with van der Waals surface area (Å²) in [6.07, 6.45) is 8.33. The van der Waals surface area contributed by atoms with Gasteiger partial charge in [0.1, 0.15) is 0 Å². The third-order valence-electron chi connectivity index (χ3n) is 4.87. The summed E-state index contributed by atoms with van der Waals surface area (Å²) in [6, 6.07) is 11.0. The Balaban J connectivity index is 1.41. The highest BCUT2D eigenvalue weighted by Gasteiger charge is 2.27. The van der Waals surface area contributed by atoms with Crippen LogP contribution in [0.4, 0.5) is 10.8 Å². The second kappa shape index (κ2) is 8.39. The molecule has 5 nitrogen and oxygen atoms in total. The van der Waals surface area contributed by atoms with E-state index < -0.39 is 0 Å². The number of anilines is 2. The lowest BCUT2D eigenvalue weighted by atomic mass is 9.93. The van der Waals surface area contributed by atoms with Crippen molar-refractivity contribution >= 4 is 39.8 Å². The molecule has 2 aliphatic carbocycles. The molecule has 0 saturated heterocycles. The molecule has 2 aliphatic rings. The maximum Gasteiger partial charge on any atom is 0.237 e. The normalized spacial score (nSPS) is 17.8. The number of nitrogens with one attached hydrogen (secondary N) is 1. The van der Waals surface area contributed by atoms with Crippen LogP contribution in [-0.2, 0) is 4.79 Å². The van der Waals surface area contributed by atoms with E-state index >= 15 is 0 Å². The Bertz CT molecular complexity index is 726. The molecule has 4 rings (SSSR count). The molecule has 0 atom stereocenters. The molecule has 2 saturated carbocycles. The van der Waals surface area contributed by atoms with E-state index in [0.29, 0.717) is 17.8 Å². The van der Waals surface area contributed by atoms with E-state index in [1.54, 1.807) is 11.3 Å². The van der Waals surface area contributed by atoms with Gasteiger partial charge in [-0.25, -0.2) is 0 Å². The lowest BCUT2D eigenvalue weighted by molar-refractivity contribution is -0.116. The maximum atomic E-state index is 13.1. The molecule has 1 heterocycles. The Labute approximate surface area is 162 Å². The molecule has 2 aromatic rings. The van der Waals surface area contributed by atoms with Crippen LogP contribution in [0.25, 0.3) is 0 Å². The minimum atomic E-state index is 0.167. The van der Waals surface area contributed by atoms with Crippen molar-refractivity contribution in [3.05, 3.63) is 30.3 Å². The zero-order chi connectivity index (χ0) is 17.8. The number of carbonyl (C=O) groups is 1. The van der Waals surface area contributed by atoms with E-state index in [2.05, 4.69) is 15.5 Å². The molecule has 0 aliphatic heterocycles. The summed E-state index contributed by atoms with van der Waals surface area (Å²) >= 11 is 3.04. The summed E-state index contributed by atoms with van der Waals surface area (Å²) in [7, 11) is 0. The summed E-state index contributed by atoms with van der Waals surface area (Å²) in [5.74, 6) is 0.573. The van der Waals surface area contributed by atoms with Gasteiger partial charge in [0.05, 0.1) is 5.75 Å². The molecule has 1 aromatic carbocycles. The fourth-order valence-electron chi connectivity index (χ4n) is 3.41. The van der Waals surface area contributed by atoms with Gasteiger partial charge >= 0.3 is 0 Å². The van der Waals surface area contributed by atoms with E-state index in [9.17, 15) is 4.79 Å².